The molecule has 0 aliphatic carbocycles. The number of piperidine rings is 1. The minimum Gasteiger partial charge on any atom is -0.439 e. The van der Waals surface area contributed by atoms with Gasteiger partial charge >= 0.3 is 0 Å². The Morgan fingerprint density at radius 3 is 2.73 bits per heavy atom. The first-order chi connectivity index (χ1) is 12.8. The van der Waals surface area contributed by atoms with E-state index in [1.54, 1.807) is 0 Å². The molecule has 0 spiro atoms. The predicted octanol–water partition coefficient (Wildman–Crippen LogP) is 3.40. The minimum atomic E-state index is 0.102. The molecule has 1 aliphatic rings. The summed E-state index contributed by atoms with van der Waals surface area (Å²) in [5, 5.41) is 3.04. The Morgan fingerprint density at radius 2 is 2.00 bits per heavy atom. The molecule has 1 aromatic heterocycles. The summed E-state index contributed by atoms with van der Waals surface area (Å²) >= 11 is 0. The predicted molar refractivity (Wildman–Crippen MR) is 101 cm³/mol. The summed E-state index contributed by atoms with van der Waals surface area (Å²) in [7, 11) is 0. The third-order valence-electron chi connectivity index (χ3n) is 4.61. The third kappa shape index (κ3) is 4.94. The van der Waals surface area contributed by atoms with Crippen molar-refractivity contribution in [3.63, 3.8) is 0 Å². The molecular formula is C20H26N4O2. The second-order valence-electron chi connectivity index (χ2n) is 6.54. The van der Waals surface area contributed by atoms with E-state index in [-0.39, 0.29) is 11.8 Å². The van der Waals surface area contributed by atoms with E-state index in [4.69, 9.17) is 4.74 Å². The lowest BCUT2D eigenvalue weighted by atomic mass is 9.96. The van der Waals surface area contributed by atoms with Crippen molar-refractivity contribution >= 4 is 11.7 Å². The summed E-state index contributed by atoms with van der Waals surface area (Å²) in [5.74, 6) is 2.41. The van der Waals surface area contributed by atoms with Gasteiger partial charge in [-0.15, -0.1) is 0 Å². The number of anilines is 1. The van der Waals surface area contributed by atoms with Crippen molar-refractivity contribution in [1.29, 1.82) is 0 Å². The van der Waals surface area contributed by atoms with Gasteiger partial charge in [-0.1, -0.05) is 31.5 Å². The number of amides is 1. The molecule has 138 valence electrons. The summed E-state index contributed by atoms with van der Waals surface area (Å²) in [4.78, 5) is 22.9. The molecule has 1 amide bonds. The Kier molecular flexibility index (Phi) is 6.41. The first kappa shape index (κ1) is 18.2. The second kappa shape index (κ2) is 9.17. The fraction of sp³-hybridized carbons (Fsp3) is 0.450. The molecule has 26 heavy (non-hydrogen) atoms. The number of benzene rings is 1. The molecule has 1 N–H and O–H groups in total. The van der Waals surface area contributed by atoms with Crippen LogP contribution in [0.1, 0.15) is 32.6 Å². The number of unbranched alkanes of at least 4 members (excludes halogenated alkanes) is 1. The summed E-state index contributed by atoms with van der Waals surface area (Å²) < 4.78 is 5.78. The lowest BCUT2D eigenvalue weighted by molar-refractivity contribution is -0.125. The number of hydrogen-bond donors (Lipinski definition) is 1. The number of para-hydroxylation sites is 1. The molecule has 0 bridgehead atoms. The number of nitrogens with zero attached hydrogens (tertiary/aromatic N) is 3. The average Bonchev–Trinajstić information content (AvgIpc) is 2.69. The largest absolute Gasteiger partial charge is 0.439 e. The van der Waals surface area contributed by atoms with Crippen LogP contribution in [0.3, 0.4) is 0 Å². The summed E-state index contributed by atoms with van der Waals surface area (Å²) in [5.41, 5.74) is 0. The SMILES string of the molecule is CCCCNC(=O)C1CCN(c2cc(Oc3ccccc3)ncn2)CC1. The highest BCUT2D eigenvalue weighted by Gasteiger charge is 2.25. The second-order valence-corrected chi connectivity index (χ2v) is 6.54. The van der Waals surface area contributed by atoms with E-state index >= 15 is 0 Å². The van der Waals surface area contributed by atoms with Crippen LogP contribution in [0.15, 0.2) is 42.7 Å². The summed E-state index contributed by atoms with van der Waals surface area (Å²) in [6.07, 6.45) is 5.35. The van der Waals surface area contributed by atoms with Gasteiger partial charge in [0.05, 0.1) is 0 Å². The standard InChI is InChI=1S/C20H26N4O2/c1-2-3-11-21-20(25)16-9-12-24(13-10-16)18-14-19(23-15-22-18)26-17-7-5-4-6-8-17/h4-8,14-16H,2-3,9-13H2,1H3,(H,21,25). The Balaban J connectivity index is 1.54. The van der Waals surface area contributed by atoms with Gasteiger partial charge in [0.15, 0.2) is 0 Å². The Morgan fingerprint density at radius 1 is 1.23 bits per heavy atom. The van der Waals surface area contributed by atoms with Gasteiger partial charge in [-0.05, 0) is 31.4 Å². The fourth-order valence-corrected chi connectivity index (χ4v) is 3.07. The Bertz CT molecular complexity index is 700. The highest BCUT2D eigenvalue weighted by Crippen LogP contribution is 2.25. The van der Waals surface area contributed by atoms with Gasteiger partial charge in [-0.3, -0.25) is 4.79 Å². The van der Waals surface area contributed by atoms with Crippen molar-refractivity contribution in [3.8, 4) is 11.6 Å². The van der Waals surface area contributed by atoms with Crippen LogP contribution in [0.2, 0.25) is 0 Å². The van der Waals surface area contributed by atoms with Gasteiger partial charge in [-0.25, -0.2) is 9.97 Å². The monoisotopic (exact) mass is 354 g/mol. The van der Waals surface area contributed by atoms with Crippen LogP contribution in [-0.4, -0.2) is 35.5 Å². The molecule has 0 unspecified atom stereocenters. The van der Waals surface area contributed by atoms with Crippen LogP contribution < -0.4 is 15.0 Å². The molecule has 2 aromatic rings. The number of ether oxygens (including phenoxy) is 1. The van der Waals surface area contributed by atoms with Gasteiger partial charge in [-0.2, -0.15) is 0 Å². The van der Waals surface area contributed by atoms with Crippen molar-refractivity contribution < 1.29 is 9.53 Å². The normalized spacial score (nSPS) is 14.9. The van der Waals surface area contributed by atoms with Gasteiger partial charge in [0.2, 0.25) is 11.8 Å². The van der Waals surface area contributed by atoms with Crippen molar-refractivity contribution in [2.24, 2.45) is 5.92 Å². The molecule has 6 nitrogen and oxygen atoms in total. The average molecular weight is 354 g/mol. The van der Waals surface area contributed by atoms with Crippen LogP contribution in [-0.2, 0) is 4.79 Å². The van der Waals surface area contributed by atoms with Crippen LogP contribution in [0, 0.1) is 5.92 Å². The molecule has 2 heterocycles. The molecule has 3 rings (SSSR count). The lowest BCUT2D eigenvalue weighted by Crippen LogP contribution is -2.41. The summed E-state index contributed by atoms with van der Waals surface area (Å²) in [6, 6.07) is 11.4. The first-order valence-electron chi connectivity index (χ1n) is 9.34. The van der Waals surface area contributed by atoms with Crippen molar-refractivity contribution in [3.05, 3.63) is 42.7 Å². The molecular weight excluding hydrogens is 328 g/mol. The number of nitrogens with one attached hydrogen (secondary N) is 1. The van der Waals surface area contributed by atoms with Gasteiger partial charge in [0, 0.05) is 31.6 Å². The van der Waals surface area contributed by atoms with Crippen molar-refractivity contribution in [2.75, 3.05) is 24.5 Å². The van der Waals surface area contributed by atoms with Crippen LogP contribution >= 0.6 is 0 Å². The molecule has 0 atom stereocenters. The maximum absolute atomic E-state index is 12.2. The van der Waals surface area contributed by atoms with E-state index in [0.29, 0.717) is 5.88 Å². The van der Waals surface area contributed by atoms with Crippen molar-refractivity contribution in [1.82, 2.24) is 15.3 Å². The van der Waals surface area contributed by atoms with E-state index < -0.39 is 0 Å². The fourth-order valence-electron chi connectivity index (χ4n) is 3.07. The smallest absolute Gasteiger partial charge is 0.224 e. The summed E-state index contributed by atoms with van der Waals surface area (Å²) in [6.45, 7) is 4.53. The number of hydrogen-bond acceptors (Lipinski definition) is 5. The Labute approximate surface area is 154 Å². The Hall–Kier alpha value is -2.63. The zero-order chi connectivity index (χ0) is 18.2. The van der Waals surface area contributed by atoms with E-state index in [1.165, 1.54) is 6.33 Å². The molecule has 1 saturated heterocycles. The first-order valence-corrected chi connectivity index (χ1v) is 9.34. The van der Waals surface area contributed by atoms with Gasteiger partial charge < -0.3 is 15.0 Å². The van der Waals surface area contributed by atoms with Crippen LogP contribution in [0.4, 0.5) is 5.82 Å². The van der Waals surface area contributed by atoms with Crippen molar-refractivity contribution in [2.45, 2.75) is 32.6 Å². The molecule has 1 aliphatic heterocycles. The highest BCUT2D eigenvalue weighted by molar-refractivity contribution is 5.78. The maximum Gasteiger partial charge on any atom is 0.224 e. The number of aromatic nitrogens is 2. The van der Waals surface area contributed by atoms with E-state index in [9.17, 15) is 4.79 Å². The van der Waals surface area contributed by atoms with Gasteiger partial charge in [0.1, 0.15) is 17.9 Å². The molecule has 6 heteroatoms. The quantitative estimate of drug-likeness (QED) is 0.772. The topological polar surface area (TPSA) is 67.4 Å². The molecule has 0 radical (unpaired) electrons. The molecule has 1 fully saturated rings. The molecule has 1 aromatic carbocycles. The number of carbonyl (C=O) groups is 1. The van der Waals surface area contributed by atoms with Crippen LogP contribution in [0.25, 0.3) is 0 Å². The van der Waals surface area contributed by atoms with E-state index in [0.717, 1.165) is 56.9 Å². The molecule has 0 saturated carbocycles. The third-order valence-corrected chi connectivity index (χ3v) is 4.61. The number of carbonyl (C=O) groups excluding carboxylic acids is 1. The van der Waals surface area contributed by atoms with E-state index in [1.807, 2.05) is 36.4 Å². The highest BCUT2D eigenvalue weighted by atomic mass is 16.5. The zero-order valence-corrected chi connectivity index (χ0v) is 15.2. The maximum atomic E-state index is 12.2. The van der Waals surface area contributed by atoms with Crippen LogP contribution in [0.5, 0.6) is 11.6 Å². The zero-order valence-electron chi connectivity index (χ0n) is 15.2. The van der Waals surface area contributed by atoms with Gasteiger partial charge in [0.25, 0.3) is 0 Å². The lowest BCUT2D eigenvalue weighted by Gasteiger charge is -2.32. The number of rotatable bonds is 7. The van der Waals surface area contributed by atoms with E-state index in [2.05, 4.69) is 27.1 Å². The minimum absolute atomic E-state index is 0.102.